The Morgan fingerprint density at radius 3 is 2.28 bits per heavy atom. The number of hydrogen-bond donors (Lipinski definition) is 7. The summed E-state index contributed by atoms with van der Waals surface area (Å²) in [5.41, 5.74) is 0.954. The number of anilines is 2. The maximum absolute atomic E-state index is 14.1. The summed E-state index contributed by atoms with van der Waals surface area (Å²) in [6, 6.07) is 0.148. The average Bonchev–Trinajstić information content (AvgIpc) is 2.81. The van der Waals surface area contributed by atoms with Gasteiger partial charge in [0.15, 0.2) is 17.1 Å². The minimum absolute atomic E-state index is 0.0617. The summed E-state index contributed by atoms with van der Waals surface area (Å²) >= 11 is 0. The van der Waals surface area contributed by atoms with Crippen LogP contribution in [0.3, 0.4) is 0 Å². The molecule has 1 aromatic carbocycles. The molecule has 1 aromatic rings. The number of carbonyl (C=O) groups excluding carboxylic acids is 3. The number of nitrogens with two attached hydrogens (primary N) is 1. The van der Waals surface area contributed by atoms with Gasteiger partial charge in [0.25, 0.3) is 5.91 Å². The number of aliphatic hydroxyl groups is 3. The van der Waals surface area contributed by atoms with Gasteiger partial charge in [-0.1, -0.05) is 20.8 Å². The average molecular weight is 621 g/mol. The van der Waals surface area contributed by atoms with E-state index in [4.69, 9.17) is 5.73 Å². The quantitative estimate of drug-likeness (QED) is 0.132. The van der Waals surface area contributed by atoms with Crippen LogP contribution < -0.4 is 15.8 Å². The normalized spacial score (nSPS) is 26.0. The van der Waals surface area contributed by atoms with E-state index < -0.39 is 79.2 Å². The SMILES string of the molecule is CC(C)Nc1cc(NS(=O)(=O)CC(C)(C)C)c(O)c2c1CC1CC3[C@H](N(C)C)C(O)=C(C(N)=O)C(=O)[C@@]3(O)C(O)=C1C2=O. The Kier molecular flexibility index (Phi) is 7.91. The standard InChI is InChI=1S/C29H40N4O9S/c1-12(2)31-16-10-17(32-43(41,42)11-28(3,4)5)22(34)19-14(16)8-13-9-15-21(33(6)7)24(36)20(27(30)39)26(38)29(15,40)25(37)18(13)23(19)35/h10,12-13,15,21,31-32,34,36-37,40H,8-9,11H2,1-7H3,(H2,30,39)/t13?,15?,21-,29-/m0/s1. The fourth-order valence-electron chi connectivity index (χ4n) is 6.61. The van der Waals surface area contributed by atoms with Gasteiger partial charge in [0.1, 0.15) is 17.1 Å². The summed E-state index contributed by atoms with van der Waals surface area (Å²) < 4.78 is 28.3. The molecular formula is C29H40N4O9S. The van der Waals surface area contributed by atoms with Crippen molar-refractivity contribution < 1.29 is 43.2 Å². The molecule has 0 bridgehead atoms. The van der Waals surface area contributed by atoms with E-state index in [0.29, 0.717) is 11.3 Å². The molecule has 0 radical (unpaired) electrons. The van der Waals surface area contributed by atoms with Crippen LogP contribution in [-0.4, -0.2) is 88.8 Å². The van der Waals surface area contributed by atoms with E-state index in [9.17, 15) is 43.2 Å². The molecule has 0 spiro atoms. The first-order chi connectivity index (χ1) is 19.6. The molecule has 0 saturated carbocycles. The van der Waals surface area contributed by atoms with E-state index in [1.807, 2.05) is 13.8 Å². The van der Waals surface area contributed by atoms with Gasteiger partial charge in [0.05, 0.1) is 23.0 Å². The maximum Gasteiger partial charge on any atom is 0.255 e. The number of nitrogens with one attached hydrogen (secondary N) is 2. The van der Waals surface area contributed by atoms with Gasteiger partial charge in [-0.2, -0.15) is 0 Å². The van der Waals surface area contributed by atoms with E-state index in [1.54, 1.807) is 34.9 Å². The van der Waals surface area contributed by atoms with Crippen molar-refractivity contribution in [1.29, 1.82) is 0 Å². The molecule has 2 unspecified atom stereocenters. The lowest BCUT2D eigenvalue weighted by Crippen LogP contribution is -2.63. The zero-order chi connectivity index (χ0) is 32.6. The summed E-state index contributed by atoms with van der Waals surface area (Å²) in [6.45, 7) is 8.88. The second-order valence-corrected chi connectivity index (χ2v) is 15.1. The predicted molar refractivity (Wildman–Crippen MR) is 159 cm³/mol. The predicted octanol–water partition coefficient (Wildman–Crippen LogP) is 1.73. The van der Waals surface area contributed by atoms with Crippen molar-refractivity contribution in [2.45, 2.75) is 65.1 Å². The number of carbonyl (C=O) groups is 3. The number of phenols is 1. The van der Waals surface area contributed by atoms with E-state index in [-0.39, 0.29) is 41.5 Å². The number of aromatic hydroxyl groups is 1. The van der Waals surface area contributed by atoms with Crippen molar-refractivity contribution in [3.63, 3.8) is 0 Å². The Balaban J connectivity index is 1.94. The summed E-state index contributed by atoms with van der Waals surface area (Å²) in [7, 11) is -0.870. The number of phenolic OH excluding ortho intramolecular Hbond substituents is 1. The van der Waals surface area contributed by atoms with Crippen molar-refractivity contribution in [3.05, 3.63) is 39.9 Å². The summed E-state index contributed by atoms with van der Waals surface area (Å²) in [5, 5.41) is 48.7. The fourth-order valence-corrected chi connectivity index (χ4v) is 8.31. The number of aliphatic hydroxyl groups excluding tert-OH is 2. The van der Waals surface area contributed by atoms with Crippen LogP contribution in [0, 0.1) is 17.3 Å². The number of nitrogens with zero attached hydrogens (tertiary/aromatic N) is 1. The highest BCUT2D eigenvalue weighted by Gasteiger charge is 2.63. The summed E-state index contributed by atoms with van der Waals surface area (Å²) in [5.74, 6) is -8.07. The van der Waals surface area contributed by atoms with E-state index in [2.05, 4.69) is 10.0 Å². The third-order valence-electron chi connectivity index (χ3n) is 8.06. The third-order valence-corrected chi connectivity index (χ3v) is 9.83. The van der Waals surface area contributed by atoms with Gasteiger partial charge in [-0.05, 0) is 63.7 Å². The Labute approximate surface area is 250 Å². The number of fused-ring (bicyclic) bond motifs is 3. The van der Waals surface area contributed by atoms with Gasteiger partial charge in [-0.25, -0.2) is 8.42 Å². The molecule has 3 aliphatic rings. The number of sulfonamides is 1. The first-order valence-electron chi connectivity index (χ1n) is 13.9. The van der Waals surface area contributed by atoms with Crippen LogP contribution in [0.15, 0.2) is 28.7 Å². The number of hydrogen-bond acceptors (Lipinski definition) is 11. The molecule has 0 heterocycles. The number of primary amides is 1. The lowest BCUT2D eigenvalue weighted by atomic mass is 9.58. The summed E-state index contributed by atoms with van der Waals surface area (Å²) in [4.78, 5) is 41.2. The van der Waals surface area contributed by atoms with Gasteiger partial charge in [0.2, 0.25) is 15.8 Å². The first-order valence-corrected chi connectivity index (χ1v) is 15.6. The van der Waals surface area contributed by atoms with Crippen LogP contribution in [0.4, 0.5) is 11.4 Å². The molecule has 0 fully saturated rings. The number of rotatable bonds is 7. The molecule has 3 aliphatic carbocycles. The Bertz CT molecular complexity index is 1590. The number of benzene rings is 1. The largest absolute Gasteiger partial charge is 0.510 e. The molecular weight excluding hydrogens is 580 g/mol. The van der Waals surface area contributed by atoms with Gasteiger partial charge in [-0.3, -0.25) is 24.0 Å². The van der Waals surface area contributed by atoms with Gasteiger partial charge < -0.3 is 31.5 Å². The number of ketones is 2. The van der Waals surface area contributed by atoms with Crippen molar-refractivity contribution in [1.82, 2.24) is 4.90 Å². The lowest BCUT2D eigenvalue weighted by molar-refractivity contribution is -0.148. The summed E-state index contributed by atoms with van der Waals surface area (Å²) in [6.07, 6.45) is -0.000220. The third kappa shape index (κ3) is 5.36. The van der Waals surface area contributed by atoms with Crippen molar-refractivity contribution >= 4 is 38.9 Å². The molecule has 8 N–H and O–H groups in total. The Morgan fingerprint density at radius 2 is 1.77 bits per heavy atom. The molecule has 43 heavy (non-hydrogen) atoms. The Morgan fingerprint density at radius 1 is 1.16 bits per heavy atom. The van der Waals surface area contributed by atoms with Gasteiger partial charge in [-0.15, -0.1) is 0 Å². The van der Waals surface area contributed by atoms with Crippen LogP contribution in [0.1, 0.15) is 57.0 Å². The van der Waals surface area contributed by atoms with Crippen LogP contribution >= 0.6 is 0 Å². The van der Waals surface area contributed by atoms with Crippen molar-refractivity contribution in [2.24, 2.45) is 23.0 Å². The molecule has 13 nitrogen and oxygen atoms in total. The van der Waals surface area contributed by atoms with Crippen LogP contribution in [0.2, 0.25) is 0 Å². The molecule has 0 aliphatic heterocycles. The van der Waals surface area contributed by atoms with E-state index in [0.717, 1.165) is 0 Å². The molecule has 0 aromatic heterocycles. The lowest BCUT2D eigenvalue weighted by Gasteiger charge is -2.50. The minimum Gasteiger partial charge on any atom is -0.510 e. The van der Waals surface area contributed by atoms with Crippen LogP contribution in [0.25, 0.3) is 0 Å². The van der Waals surface area contributed by atoms with Crippen molar-refractivity contribution in [3.8, 4) is 5.75 Å². The highest BCUT2D eigenvalue weighted by molar-refractivity contribution is 7.92. The fraction of sp³-hybridized carbons (Fsp3) is 0.552. The topological polar surface area (TPSA) is 220 Å². The highest BCUT2D eigenvalue weighted by atomic mass is 32.2. The molecule has 236 valence electrons. The highest BCUT2D eigenvalue weighted by Crippen LogP contribution is 2.53. The first kappa shape index (κ1) is 32.3. The molecule has 1 amide bonds. The number of likely N-dealkylation sites (N-methyl/N-ethyl adjacent to an activating group) is 1. The second-order valence-electron chi connectivity index (χ2n) is 13.4. The van der Waals surface area contributed by atoms with Crippen molar-refractivity contribution in [2.75, 3.05) is 29.9 Å². The molecule has 0 saturated heterocycles. The van der Waals surface area contributed by atoms with Crippen LogP contribution in [-0.2, 0) is 26.0 Å². The van der Waals surface area contributed by atoms with E-state index in [1.165, 1.54) is 11.0 Å². The number of Topliss-reactive ketones (excluding diaryl/α,β-unsaturated/α-hetero) is 2. The van der Waals surface area contributed by atoms with E-state index >= 15 is 0 Å². The number of amides is 1. The minimum atomic E-state index is -3.98. The maximum atomic E-state index is 14.1. The smallest absolute Gasteiger partial charge is 0.255 e. The van der Waals surface area contributed by atoms with Crippen LogP contribution in [0.5, 0.6) is 5.75 Å². The zero-order valence-electron chi connectivity index (χ0n) is 25.3. The van der Waals surface area contributed by atoms with Gasteiger partial charge in [0, 0.05) is 23.2 Å². The number of allylic oxidation sites excluding steroid dienone is 1. The molecule has 14 heteroatoms. The molecule has 4 rings (SSSR count). The molecule has 4 atom stereocenters. The zero-order valence-corrected chi connectivity index (χ0v) is 26.1. The Hall–Kier alpha value is -3.62. The monoisotopic (exact) mass is 620 g/mol. The van der Waals surface area contributed by atoms with Gasteiger partial charge >= 0.3 is 0 Å². The second kappa shape index (κ2) is 10.5.